The van der Waals surface area contributed by atoms with Crippen molar-refractivity contribution >= 4 is 11.3 Å². The number of nitrogens with one attached hydrogen (secondary N) is 1. The van der Waals surface area contributed by atoms with Crippen molar-refractivity contribution in [3.05, 3.63) is 47.1 Å². The number of aromatic amines is 1. The minimum Gasteiger partial charge on any atom is -0.258 e. The number of aryl methyl sites for hydroxylation is 1. The van der Waals surface area contributed by atoms with E-state index in [1.165, 1.54) is 0 Å². The summed E-state index contributed by atoms with van der Waals surface area (Å²) in [6.45, 7) is 1.73. The predicted octanol–water partition coefficient (Wildman–Crippen LogP) is 3.65. The third-order valence-corrected chi connectivity index (χ3v) is 3.55. The highest BCUT2D eigenvalue weighted by Gasteiger charge is 2.13. The molecule has 3 nitrogen and oxygen atoms in total. The molecule has 1 N–H and O–H groups in total. The standard InChI is InChI=1S/C13H10FN3S/c1-8-4-2-5-9(11(8)14)12-15-13(17-16-12)10-6-3-7-18-10/h2-7H,1H3,(H,15,16,17). The van der Waals surface area contributed by atoms with Gasteiger partial charge in [-0.15, -0.1) is 11.3 Å². The lowest BCUT2D eigenvalue weighted by molar-refractivity contribution is 0.621. The van der Waals surface area contributed by atoms with Crippen molar-refractivity contribution in [1.82, 2.24) is 15.2 Å². The van der Waals surface area contributed by atoms with Crippen molar-refractivity contribution in [1.29, 1.82) is 0 Å². The number of H-pyrrole nitrogens is 1. The monoisotopic (exact) mass is 259 g/mol. The Morgan fingerprint density at radius 1 is 1.22 bits per heavy atom. The van der Waals surface area contributed by atoms with Crippen LogP contribution in [0.25, 0.3) is 22.1 Å². The first-order valence-electron chi connectivity index (χ1n) is 5.47. The van der Waals surface area contributed by atoms with E-state index in [2.05, 4.69) is 15.2 Å². The summed E-state index contributed by atoms with van der Waals surface area (Å²) in [4.78, 5) is 5.32. The number of nitrogens with zero attached hydrogens (tertiary/aromatic N) is 2. The molecule has 0 saturated heterocycles. The molecule has 18 heavy (non-hydrogen) atoms. The maximum Gasteiger partial charge on any atom is 0.184 e. The zero-order valence-corrected chi connectivity index (χ0v) is 10.5. The molecule has 2 heterocycles. The van der Waals surface area contributed by atoms with Crippen LogP contribution in [0.15, 0.2) is 35.7 Å². The van der Waals surface area contributed by atoms with Gasteiger partial charge in [-0.1, -0.05) is 18.2 Å². The average molecular weight is 259 g/mol. The van der Waals surface area contributed by atoms with Gasteiger partial charge in [-0.2, -0.15) is 5.10 Å². The van der Waals surface area contributed by atoms with Crippen molar-refractivity contribution in [2.45, 2.75) is 6.92 Å². The fourth-order valence-electron chi connectivity index (χ4n) is 1.73. The van der Waals surface area contributed by atoms with Crippen LogP contribution in [-0.2, 0) is 0 Å². The zero-order valence-electron chi connectivity index (χ0n) is 9.64. The fraction of sp³-hybridized carbons (Fsp3) is 0.0769. The maximum atomic E-state index is 13.9. The van der Waals surface area contributed by atoms with Crippen LogP contribution in [0, 0.1) is 12.7 Å². The minimum atomic E-state index is -0.269. The highest BCUT2D eigenvalue weighted by molar-refractivity contribution is 7.13. The van der Waals surface area contributed by atoms with Gasteiger partial charge in [0.2, 0.25) is 0 Å². The molecule has 0 unspecified atom stereocenters. The van der Waals surface area contributed by atoms with E-state index in [0.29, 0.717) is 22.8 Å². The number of halogens is 1. The smallest absolute Gasteiger partial charge is 0.184 e. The van der Waals surface area contributed by atoms with Gasteiger partial charge in [0.1, 0.15) is 5.82 Å². The first-order valence-corrected chi connectivity index (χ1v) is 6.35. The van der Waals surface area contributed by atoms with Gasteiger partial charge in [-0.05, 0) is 30.0 Å². The molecule has 90 valence electrons. The van der Waals surface area contributed by atoms with Gasteiger partial charge in [-0.25, -0.2) is 9.37 Å². The van der Waals surface area contributed by atoms with Gasteiger partial charge in [0, 0.05) is 0 Å². The van der Waals surface area contributed by atoms with Crippen molar-refractivity contribution in [3.8, 4) is 22.1 Å². The van der Waals surface area contributed by atoms with Gasteiger partial charge < -0.3 is 0 Å². The summed E-state index contributed by atoms with van der Waals surface area (Å²) in [7, 11) is 0. The number of rotatable bonds is 2. The van der Waals surface area contributed by atoms with E-state index in [1.54, 1.807) is 36.5 Å². The van der Waals surface area contributed by atoms with Crippen LogP contribution in [0.3, 0.4) is 0 Å². The molecule has 0 aliphatic carbocycles. The Labute approximate surface area is 107 Å². The maximum absolute atomic E-state index is 13.9. The van der Waals surface area contributed by atoms with Crippen LogP contribution in [0.4, 0.5) is 4.39 Å². The normalized spacial score (nSPS) is 10.8. The van der Waals surface area contributed by atoms with E-state index < -0.39 is 0 Å². The Balaban J connectivity index is 2.06. The molecule has 0 saturated carbocycles. The van der Waals surface area contributed by atoms with Gasteiger partial charge in [0.15, 0.2) is 11.6 Å². The van der Waals surface area contributed by atoms with Crippen LogP contribution in [0.2, 0.25) is 0 Å². The molecule has 0 fully saturated rings. The molecule has 2 aromatic heterocycles. The lowest BCUT2D eigenvalue weighted by atomic mass is 10.1. The van der Waals surface area contributed by atoms with E-state index in [-0.39, 0.29) is 5.82 Å². The number of hydrogen-bond donors (Lipinski definition) is 1. The molecule has 1 aromatic carbocycles. The second kappa shape index (κ2) is 4.34. The molecule has 3 aromatic rings. The third-order valence-electron chi connectivity index (χ3n) is 2.67. The number of benzene rings is 1. The quantitative estimate of drug-likeness (QED) is 0.763. The molecular formula is C13H10FN3S. The molecular weight excluding hydrogens is 249 g/mol. The Hall–Kier alpha value is -2.01. The van der Waals surface area contributed by atoms with E-state index >= 15 is 0 Å². The fourth-order valence-corrected chi connectivity index (χ4v) is 2.39. The lowest BCUT2D eigenvalue weighted by Crippen LogP contribution is -1.89. The Morgan fingerprint density at radius 2 is 2.11 bits per heavy atom. The minimum absolute atomic E-state index is 0.269. The van der Waals surface area contributed by atoms with E-state index in [4.69, 9.17) is 0 Å². The van der Waals surface area contributed by atoms with Crippen molar-refractivity contribution < 1.29 is 4.39 Å². The molecule has 0 spiro atoms. The second-order valence-electron chi connectivity index (χ2n) is 3.92. The Bertz CT molecular complexity index is 673. The van der Waals surface area contributed by atoms with Crippen molar-refractivity contribution in [2.24, 2.45) is 0 Å². The zero-order chi connectivity index (χ0) is 12.5. The third kappa shape index (κ3) is 1.82. The second-order valence-corrected chi connectivity index (χ2v) is 4.87. The van der Waals surface area contributed by atoms with E-state index in [9.17, 15) is 4.39 Å². The lowest BCUT2D eigenvalue weighted by Gasteiger charge is -2.00. The SMILES string of the molecule is Cc1cccc(-c2n[nH]c(-c3cccs3)n2)c1F. The summed E-state index contributed by atoms with van der Waals surface area (Å²) in [5.74, 6) is 0.787. The summed E-state index contributed by atoms with van der Waals surface area (Å²) >= 11 is 1.56. The highest BCUT2D eigenvalue weighted by atomic mass is 32.1. The van der Waals surface area contributed by atoms with Gasteiger partial charge in [-0.3, -0.25) is 5.10 Å². The molecule has 0 amide bonds. The molecule has 0 atom stereocenters. The summed E-state index contributed by atoms with van der Waals surface area (Å²) in [5, 5.41) is 8.87. The Kier molecular flexibility index (Phi) is 2.68. The molecule has 5 heteroatoms. The van der Waals surface area contributed by atoms with Gasteiger partial charge in [0.25, 0.3) is 0 Å². The van der Waals surface area contributed by atoms with Crippen molar-refractivity contribution in [2.75, 3.05) is 0 Å². The summed E-state index contributed by atoms with van der Waals surface area (Å²) in [5.41, 5.74) is 1.02. The largest absolute Gasteiger partial charge is 0.258 e. The number of aromatic nitrogens is 3. The highest BCUT2D eigenvalue weighted by Crippen LogP contribution is 2.25. The summed E-state index contributed by atoms with van der Waals surface area (Å²) in [6, 6.07) is 9.10. The molecule has 3 rings (SSSR count). The average Bonchev–Trinajstić information content (AvgIpc) is 3.01. The van der Waals surface area contributed by atoms with Crippen LogP contribution in [0.5, 0.6) is 0 Å². The molecule has 0 bridgehead atoms. The van der Waals surface area contributed by atoms with E-state index in [1.807, 2.05) is 17.5 Å². The van der Waals surface area contributed by atoms with Crippen LogP contribution >= 0.6 is 11.3 Å². The van der Waals surface area contributed by atoms with Crippen LogP contribution in [-0.4, -0.2) is 15.2 Å². The number of thiophene rings is 1. The van der Waals surface area contributed by atoms with Crippen LogP contribution < -0.4 is 0 Å². The molecule has 0 radical (unpaired) electrons. The summed E-state index contributed by atoms with van der Waals surface area (Å²) in [6.07, 6.45) is 0. The molecule has 0 aliphatic heterocycles. The van der Waals surface area contributed by atoms with Gasteiger partial charge in [0.05, 0.1) is 10.4 Å². The number of hydrogen-bond acceptors (Lipinski definition) is 3. The molecule has 0 aliphatic rings. The first-order chi connectivity index (χ1) is 8.75. The summed E-state index contributed by atoms with van der Waals surface area (Å²) < 4.78 is 13.9. The first kappa shape index (κ1) is 11.1. The van der Waals surface area contributed by atoms with Crippen LogP contribution in [0.1, 0.15) is 5.56 Å². The van der Waals surface area contributed by atoms with Crippen molar-refractivity contribution in [3.63, 3.8) is 0 Å². The topological polar surface area (TPSA) is 41.6 Å². The van der Waals surface area contributed by atoms with E-state index in [0.717, 1.165) is 4.88 Å². The predicted molar refractivity (Wildman–Crippen MR) is 69.8 cm³/mol. The Morgan fingerprint density at radius 3 is 2.89 bits per heavy atom. The van der Waals surface area contributed by atoms with Gasteiger partial charge >= 0.3 is 0 Å².